The van der Waals surface area contributed by atoms with E-state index in [1.165, 1.54) is 4.88 Å². The largest absolute Gasteiger partial charge is 0.322 e. The standard InChI is InChI=1S/C14H15NOS/c1-10(2)13-8-11(9-17-13)14(16)15-12-6-4-3-5-7-12/h3-10H,1-2H3,(H,15,16). The van der Waals surface area contributed by atoms with Crippen LogP contribution in [0.4, 0.5) is 5.69 Å². The molecule has 0 aliphatic heterocycles. The van der Waals surface area contributed by atoms with E-state index in [0.29, 0.717) is 5.92 Å². The van der Waals surface area contributed by atoms with E-state index in [1.54, 1.807) is 11.3 Å². The first-order valence-corrected chi connectivity index (χ1v) is 6.49. The van der Waals surface area contributed by atoms with Crippen LogP contribution in [0.15, 0.2) is 41.8 Å². The summed E-state index contributed by atoms with van der Waals surface area (Å²) in [5.74, 6) is 0.428. The van der Waals surface area contributed by atoms with Crippen molar-refractivity contribution in [2.75, 3.05) is 5.32 Å². The van der Waals surface area contributed by atoms with Crippen LogP contribution < -0.4 is 5.32 Å². The van der Waals surface area contributed by atoms with Crippen molar-refractivity contribution in [2.24, 2.45) is 0 Å². The lowest BCUT2D eigenvalue weighted by molar-refractivity contribution is 0.102. The van der Waals surface area contributed by atoms with Gasteiger partial charge in [-0.25, -0.2) is 0 Å². The first kappa shape index (κ1) is 11.9. The zero-order valence-electron chi connectivity index (χ0n) is 9.94. The zero-order chi connectivity index (χ0) is 12.3. The van der Waals surface area contributed by atoms with Crippen molar-refractivity contribution in [3.63, 3.8) is 0 Å². The highest BCUT2D eigenvalue weighted by Gasteiger charge is 2.10. The number of carbonyl (C=O) groups is 1. The molecule has 2 rings (SSSR count). The Morgan fingerprint density at radius 3 is 2.53 bits per heavy atom. The summed E-state index contributed by atoms with van der Waals surface area (Å²) in [6, 6.07) is 11.5. The smallest absolute Gasteiger partial charge is 0.256 e. The third-order valence-electron chi connectivity index (χ3n) is 2.48. The molecule has 1 aromatic carbocycles. The number of hydrogen-bond donors (Lipinski definition) is 1. The van der Waals surface area contributed by atoms with Crippen LogP contribution >= 0.6 is 11.3 Å². The molecular formula is C14H15NOS. The van der Waals surface area contributed by atoms with Crippen molar-refractivity contribution < 1.29 is 4.79 Å². The average Bonchev–Trinajstić information content (AvgIpc) is 2.79. The van der Waals surface area contributed by atoms with E-state index in [2.05, 4.69) is 19.2 Å². The van der Waals surface area contributed by atoms with Crippen LogP contribution in [0.25, 0.3) is 0 Å². The molecule has 0 spiro atoms. The third kappa shape index (κ3) is 2.94. The number of anilines is 1. The minimum absolute atomic E-state index is 0.0423. The lowest BCUT2D eigenvalue weighted by atomic mass is 10.1. The lowest BCUT2D eigenvalue weighted by Crippen LogP contribution is -2.10. The van der Waals surface area contributed by atoms with Crippen molar-refractivity contribution in [2.45, 2.75) is 19.8 Å². The number of rotatable bonds is 3. The highest BCUT2D eigenvalue weighted by Crippen LogP contribution is 2.23. The van der Waals surface area contributed by atoms with E-state index in [9.17, 15) is 4.79 Å². The van der Waals surface area contributed by atoms with Crippen LogP contribution in [-0.4, -0.2) is 5.91 Å². The van der Waals surface area contributed by atoms with Gasteiger partial charge >= 0.3 is 0 Å². The molecule has 1 amide bonds. The van der Waals surface area contributed by atoms with Crippen molar-refractivity contribution in [3.8, 4) is 0 Å². The molecule has 0 radical (unpaired) electrons. The highest BCUT2D eigenvalue weighted by molar-refractivity contribution is 7.10. The second-order valence-electron chi connectivity index (χ2n) is 4.21. The number of thiophene rings is 1. The van der Waals surface area contributed by atoms with Gasteiger partial charge in [0.2, 0.25) is 0 Å². The van der Waals surface area contributed by atoms with Crippen molar-refractivity contribution >= 4 is 22.9 Å². The van der Waals surface area contributed by atoms with Crippen LogP contribution in [0.2, 0.25) is 0 Å². The van der Waals surface area contributed by atoms with E-state index in [-0.39, 0.29) is 5.91 Å². The van der Waals surface area contributed by atoms with Crippen LogP contribution in [0.5, 0.6) is 0 Å². The number of hydrogen-bond acceptors (Lipinski definition) is 2. The molecule has 1 N–H and O–H groups in total. The monoisotopic (exact) mass is 245 g/mol. The van der Waals surface area contributed by atoms with Gasteiger partial charge in [-0.2, -0.15) is 0 Å². The molecule has 3 heteroatoms. The first-order chi connectivity index (χ1) is 8.16. The summed E-state index contributed by atoms with van der Waals surface area (Å²) < 4.78 is 0. The molecule has 0 atom stereocenters. The second-order valence-corrected chi connectivity index (χ2v) is 5.16. The molecule has 0 aliphatic rings. The summed E-state index contributed by atoms with van der Waals surface area (Å²) >= 11 is 1.64. The minimum atomic E-state index is -0.0423. The Balaban J connectivity index is 2.10. The maximum atomic E-state index is 11.9. The fourth-order valence-electron chi connectivity index (χ4n) is 1.50. The Kier molecular flexibility index (Phi) is 3.59. The molecule has 17 heavy (non-hydrogen) atoms. The van der Waals surface area contributed by atoms with Crippen molar-refractivity contribution in [3.05, 3.63) is 52.2 Å². The first-order valence-electron chi connectivity index (χ1n) is 5.61. The van der Waals surface area contributed by atoms with Gasteiger partial charge in [-0.15, -0.1) is 11.3 Å². The highest BCUT2D eigenvalue weighted by atomic mass is 32.1. The van der Waals surface area contributed by atoms with Gasteiger partial charge in [0.05, 0.1) is 5.56 Å². The van der Waals surface area contributed by atoms with Gasteiger partial charge < -0.3 is 5.32 Å². The van der Waals surface area contributed by atoms with Gasteiger partial charge in [0, 0.05) is 15.9 Å². The Morgan fingerprint density at radius 2 is 1.94 bits per heavy atom. The van der Waals surface area contributed by atoms with E-state index < -0.39 is 0 Å². The molecule has 0 saturated carbocycles. The summed E-state index contributed by atoms with van der Waals surface area (Å²) in [5, 5.41) is 4.79. The van der Waals surface area contributed by atoms with Crippen LogP contribution in [0.3, 0.4) is 0 Å². The Bertz CT molecular complexity index is 502. The summed E-state index contributed by atoms with van der Waals surface area (Å²) in [6.07, 6.45) is 0. The van der Waals surface area contributed by atoms with Crippen LogP contribution in [-0.2, 0) is 0 Å². The minimum Gasteiger partial charge on any atom is -0.322 e. The number of amides is 1. The SMILES string of the molecule is CC(C)c1cc(C(=O)Nc2ccccc2)cs1. The molecule has 0 unspecified atom stereocenters. The number of carbonyl (C=O) groups excluding carboxylic acids is 1. The molecule has 0 bridgehead atoms. The summed E-state index contributed by atoms with van der Waals surface area (Å²) in [5.41, 5.74) is 1.57. The zero-order valence-corrected chi connectivity index (χ0v) is 10.8. The molecule has 2 nitrogen and oxygen atoms in total. The Hall–Kier alpha value is -1.61. The predicted octanol–water partition coefficient (Wildman–Crippen LogP) is 4.12. The number of para-hydroxylation sites is 1. The van der Waals surface area contributed by atoms with Crippen molar-refractivity contribution in [1.82, 2.24) is 0 Å². The van der Waals surface area contributed by atoms with Gasteiger partial charge in [-0.05, 0) is 24.1 Å². The number of nitrogens with one attached hydrogen (secondary N) is 1. The lowest BCUT2D eigenvalue weighted by Gasteiger charge is -2.02. The van der Waals surface area contributed by atoms with Gasteiger partial charge in [0.1, 0.15) is 0 Å². The molecule has 0 aliphatic carbocycles. The molecule has 2 aromatic rings. The molecule has 1 aromatic heterocycles. The van der Waals surface area contributed by atoms with E-state index in [4.69, 9.17) is 0 Å². The topological polar surface area (TPSA) is 29.1 Å². The summed E-state index contributed by atoms with van der Waals surface area (Å²) in [6.45, 7) is 4.26. The summed E-state index contributed by atoms with van der Waals surface area (Å²) in [7, 11) is 0. The van der Waals surface area contributed by atoms with Gasteiger partial charge in [-0.3, -0.25) is 4.79 Å². The quantitative estimate of drug-likeness (QED) is 0.865. The fraction of sp³-hybridized carbons (Fsp3) is 0.214. The number of benzene rings is 1. The molecule has 0 saturated heterocycles. The predicted molar refractivity (Wildman–Crippen MR) is 72.8 cm³/mol. The third-order valence-corrected chi connectivity index (χ3v) is 3.72. The maximum Gasteiger partial charge on any atom is 0.256 e. The van der Waals surface area contributed by atoms with E-state index in [0.717, 1.165) is 11.3 Å². The molecule has 1 heterocycles. The Morgan fingerprint density at radius 1 is 1.24 bits per heavy atom. The van der Waals surface area contributed by atoms with E-state index >= 15 is 0 Å². The normalized spacial score (nSPS) is 10.5. The van der Waals surface area contributed by atoms with Gasteiger partial charge in [0.25, 0.3) is 5.91 Å². The van der Waals surface area contributed by atoms with Crippen molar-refractivity contribution in [1.29, 1.82) is 0 Å². The average molecular weight is 245 g/mol. The molecular weight excluding hydrogens is 230 g/mol. The molecule has 88 valence electrons. The fourth-order valence-corrected chi connectivity index (χ4v) is 2.40. The Labute approximate surface area is 105 Å². The van der Waals surface area contributed by atoms with Gasteiger partial charge in [-0.1, -0.05) is 32.0 Å². The molecule has 0 fully saturated rings. The second kappa shape index (κ2) is 5.15. The van der Waals surface area contributed by atoms with Crippen LogP contribution in [0.1, 0.15) is 35.0 Å². The van der Waals surface area contributed by atoms with Crippen LogP contribution in [0, 0.1) is 0 Å². The summed E-state index contributed by atoms with van der Waals surface area (Å²) in [4.78, 5) is 13.2. The maximum absolute atomic E-state index is 11.9. The van der Waals surface area contributed by atoms with E-state index in [1.807, 2.05) is 41.8 Å². The van der Waals surface area contributed by atoms with Gasteiger partial charge in [0.15, 0.2) is 0 Å².